The van der Waals surface area contributed by atoms with E-state index >= 15 is 0 Å². The zero-order valence-corrected chi connectivity index (χ0v) is 20.1. The number of hydrogen-bond donors (Lipinski definition) is 1. The fraction of sp³-hybridized carbons (Fsp3) is 0.346. The Hall–Kier alpha value is -3.17. The number of aromatic nitrogens is 4. The normalized spacial score (nSPS) is 25.9. The zero-order chi connectivity index (χ0) is 25.2. The molecule has 1 aromatic carbocycles. The Labute approximate surface area is 210 Å². The molecule has 1 saturated carbocycles. The Morgan fingerprint density at radius 3 is 2.72 bits per heavy atom. The highest BCUT2D eigenvalue weighted by atomic mass is 35.5. The number of aliphatic hydroxyl groups is 1. The highest BCUT2D eigenvalue weighted by molar-refractivity contribution is 6.34. The van der Waals surface area contributed by atoms with Crippen molar-refractivity contribution in [2.75, 3.05) is 11.4 Å². The molecule has 6 nitrogen and oxygen atoms in total. The number of benzene rings is 1. The van der Waals surface area contributed by atoms with Crippen LogP contribution in [0.4, 0.5) is 19.0 Å². The molecule has 3 aromatic heterocycles. The number of alkyl halides is 1. The van der Waals surface area contributed by atoms with Gasteiger partial charge in [-0.2, -0.15) is 5.10 Å². The van der Waals surface area contributed by atoms with E-state index in [2.05, 4.69) is 10.1 Å². The SMILES string of the molecule is CC1(O)CC(n2cc(-c3c(Cl)cnc4ccc(N5C[C@@H](F)C[C@@H]5c5cc(F)ccc5F)nc34)cn2)C1. The van der Waals surface area contributed by atoms with Crippen molar-refractivity contribution in [1.29, 1.82) is 0 Å². The van der Waals surface area contributed by atoms with Crippen molar-refractivity contribution in [2.24, 2.45) is 0 Å². The third-order valence-corrected chi connectivity index (χ3v) is 7.41. The Morgan fingerprint density at radius 2 is 1.94 bits per heavy atom. The maximum atomic E-state index is 14.6. The second-order valence-electron chi connectivity index (χ2n) is 9.95. The van der Waals surface area contributed by atoms with E-state index < -0.39 is 29.4 Å². The average Bonchev–Trinajstić information content (AvgIpc) is 3.45. The number of fused-ring (bicyclic) bond motifs is 1. The molecular formula is C26H23ClF3N5O. The Kier molecular flexibility index (Phi) is 5.46. The molecule has 6 rings (SSSR count). The van der Waals surface area contributed by atoms with Crippen LogP contribution in [0.1, 0.15) is 43.8 Å². The van der Waals surface area contributed by atoms with Crippen molar-refractivity contribution in [2.45, 2.75) is 50.0 Å². The maximum absolute atomic E-state index is 14.6. The third kappa shape index (κ3) is 4.00. The first-order valence-electron chi connectivity index (χ1n) is 11.8. The number of nitrogens with zero attached hydrogens (tertiary/aromatic N) is 5. The lowest BCUT2D eigenvalue weighted by atomic mass is 9.77. The Bertz CT molecular complexity index is 1470. The molecular weight excluding hydrogens is 491 g/mol. The standard InChI is InChI=1S/C26H23ClF3N5O/c1-26(36)8-17(9-26)35-12-14(10-32-35)24-19(27)11-31-21-4-5-23(33-25(21)24)34-13-16(29)7-22(34)18-6-15(28)2-3-20(18)30/h2-6,10-12,16-17,22,36H,7-9,13H2,1H3/t16-,17?,22+,26?/m0/s1. The van der Waals surface area contributed by atoms with Crippen molar-refractivity contribution >= 4 is 28.5 Å². The molecule has 1 N–H and O–H groups in total. The first-order valence-corrected chi connectivity index (χ1v) is 12.1. The number of rotatable bonds is 4. The summed E-state index contributed by atoms with van der Waals surface area (Å²) in [5.74, 6) is -0.749. The van der Waals surface area contributed by atoms with Gasteiger partial charge in [-0.25, -0.2) is 18.2 Å². The van der Waals surface area contributed by atoms with Crippen molar-refractivity contribution in [1.82, 2.24) is 19.7 Å². The van der Waals surface area contributed by atoms with Gasteiger partial charge in [0.25, 0.3) is 0 Å². The Balaban J connectivity index is 1.41. The summed E-state index contributed by atoms with van der Waals surface area (Å²) in [6, 6.07) is 6.07. The van der Waals surface area contributed by atoms with Crippen LogP contribution < -0.4 is 4.90 Å². The van der Waals surface area contributed by atoms with Gasteiger partial charge >= 0.3 is 0 Å². The van der Waals surface area contributed by atoms with E-state index in [4.69, 9.17) is 16.6 Å². The molecule has 2 atom stereocenters. The van der Waals surface area contributed by atoms with Gasteiger partial charge < -0.3 is 10.0 Å². The molecule has 1 saturated heterocycles. The van der Waals surface area contributed by atoms with Gasteiger partial charge in [-0.15, -0.1) is 0 Å². The van der Waals surface area contributed by atoms with Gasteiger partial charge in [-0.3, -0.25) is 9.67 Å². The minimum atomic E-state index is -1.22. The van der Waals surface area contributed by atoms with E-state index in [9.17, 15) is 18.3 Å². The molecule has 186 valence electrons. The van der Waals surface area contributed by atoms with E-state index in [1.54, 1.807) is 36.4 Å². The van der Waals surface area contributed by atoms with E-state index in [0.717, 1.165) is 23.8 Å². The van der Waals surface area contributed by atoms with Crippen molar-refractivity contribution in [3.8, 4) is 11.1 Å². The van der Waals surface area contributed by atoms with Crippen molar-refractivity contribution in [3.63, 3.8) is 0 Å². The number of pyridine rings is 2. The molecule has 4 aromatic rings. The summed E-state index contributed by atoms with van der Waals surface area (Å²) in [6.07, 6.45) is 5.14. The molecule has 0 radical (unpaired) electrons. The molecule has 2 fully saturated rings. The molecule has 1 aliphatic heterocycles. The minimum absolute atomic E-state index is 0.00198. The second kappa shape index (κ2) is 8.45. The molecule has 0 amide bonds. The molecule has 36 heavy (non-hydrogen) atoms. The summed E-state index contributed by atoms with van der Waals surface area (Å²) in [7, 11) is 0. The van der Waals surface area contributed by atoms with E-state index in [-0.39, 0.29) is 24.6 Å². The van der Waals surface area contributed by atoms with E-state index in [0.29, 0.717) is 40.3 Å². The van der Waals surface area contributed by atoms with Crippen LogP contribution in [-0.2, 0) is 0 Å². The number of anilines is 1. The topological polar surface area (TPSA) is 67.1 Å². The van der Waals surface area contributed by atoms with Gasteiger partial charge in [0.2, 0.25) is 0 Å². The lowest BCUT2D eigenvalue weighted by Gasteiger charge is -2.40. The summed E-state index contributed by atoms with van der Waals surface area (Å²) in [5.41, 5.74) is 1.86. The minimum Gasteiger partial charge on any atom is -0.390 e. The summed E-state index contributed by atoms with van der Waals surface area (Å²) in [6.45, 7) is 1.80. The molecule has 0 bridgehead atoms. The first-order chi connectivity index (χ1) is 17.2. The Morgan fingerprint density at radius 1 is 1.14 bits per heavy atom. The zero-order valence-electron chi connectivity index (χ0n) is 19.4. The fourth-order valence-electron chi connectivity index (χ4n) is 5.38. The van der Waals surface area contributed by atoms with Crippen LogP contribution in [0.2, 0.25) is 5.02 Å². The van der Waals surface area contributed by atoms with Gasteiger partial charge in [0, 0.05) is 35.5 Å². The number of halogens is 4. The third-order valence-electron chi connectivity index (χ3n) is 7.13. The van der Waals surface area contributed by atoms with E-state index in [1.165, 1.54) is 0 Å². The summed E-state index contributed by atoms with van der Waals surface area (Å²) < 4.78 is 44.9. The predicted octanol–water partition coefficient (Wildman–Crippen LogP) is 5.80. The molecule has 4 heterocycles. The van der Waals surface area contributed by atoms with Gasteiger partial charge in [0.15, 0.2) is 0 Å². The van der Waals surface area contributed by atoms with Crippen LogP contribution in [0.15, 0.2) is 48.9 Å². The van der Waals surface area contributed by atoms with Crippen LogP contribution in [0.25, 0.3) is 22.2 Å². The highest BCUT2D eigenvalue weighted by Gasteiger charge is 2.40. The predicted molar refractivity (Wildman–Crippen MR) is 131 cm³/mol. The molecule has 0 unspecified atom stereocenters. The number of hydrogen-bond acceptors (Lipinski definition) is 5. The average molecular weight is 514 g/mol. The van der Waals surface area contributed by atoms with Gasteiger partial charge in [-0.05, 0) is 50.1 Å². The largest absolute Gasteiger partial charge is 0.390 e. The summed E-state index contributed by atoms with van der Waals surface area (Å²) in [5, 5.41) is 14.9. The van der Waals surface area contributed by atoms with Gasteiger partial charge in [0.1, 0.15) is 29.1 Å². The van der Waals surface area contributed by atoms with Gasteiger partial charge in [0.05, 0.1) is 41.0 Å². The van der Waals surface area contributed by atoms with Crippen LogP contribution in [-0.4, -0.2) is 43.2 Å². The monoisotopic (exact) mass is 513 g/mol. The maximum Gasteiger partial charge on any atom is 0.130 e. The first kappa shape index (κ1) is 23.2. The lowest BCUT2D eigenvalue weighted by molar-refractivity contribution is -0.0543. The highest BCUT2D eigenvalue weighted by Crippen LogP contribution is 2.43. The fourth-order valence-corrected chi connectivity index (χ4v) is 5.63. The van der Waals surface area contributed by atoms with Crippen LogP contribution >= 0.6 is 11.6 Å². The summed E-state index contributed by atoms with van der Waals surface area (Å²) >= 11 is 6.57. The lowest BCUT2D eigenvalue weighted by Crippen LogP contribution is -2.42. The smallest absolute Gasteiger partial charge is 0.130 e. The van der Waals surface area contributed by atoms with E-state index in [1.807, 2.05) is 10.9 Å². The molecule has 2 aliphatic rings. The molecule has 1 aliphatic carbocycles. The van der Waals surface area contributed by atoms with Gasteiger partial charge in [-0.1, -0.05) is 11.6 Å². The van der Waals surface area contributed by atoms with Crippen LogP contribution in [0, 0.1) is 11.6 Å². The second-order valence-corrected chi connectivity index (χ2v) is 10.4. The van der Waals surface area contributed by atoms with Crippen LogP contribution in [0.3, 0.4) is 0 Å². The van der Waals surface area contributed by atoms with Crippen LogP contribution in [0.5, 0.6) is 0 Å². The summed E-state index contributed by atoms with van der Waals surface area (Å²) in [4.78, 5) is 10.8. The quantitative estimate of drug-likeness (QED) is 0.373. The van der Waals surface area contributed by atoms with Crippen molar-refractivity contribution < 1.29 is 18.3 Å². The molecule has 10 heteroatoms. The molecule has 0 spiro atoms. The van der Waals surface area contributed by atoms with Crippen molar-refractivity contribution in [3.05, 3.63) is 71.1 Å².